The summed E-state index contributed by atoms with van der Waals surface area (Å²) in [6.45, 7) is 4.00. The third-order valence-electron chi connectivity index (χ3n) is 2.94. The predicted octanol–water partition coefficient (Wildman–Crippen LogP) is 1.82. The van der Waals surface area contributed by atoms with Gasteiger partial charge < -0.3 is 4.57 Å². The lowest BCUT2D eigenvalue weighted by Gasteiger charge is -2.05. The van der Waals surface area contributed by atoms with E-state index in [0.29, 0.717) is 0 Å². The number of nitrogens with zero attached hydrogens (tertiary/aromatic N) is 1. The quantitative estimate of drug-likeness (QED) is 0.450. The number of aryl methyl sites for hydroxylation is 2. The second-order valence-corrected chi connectivity index (χ2v) is 3.99. The van der Waals surface area contributed by atoms with E-state index >= 15 is 0 Å². The molecule has 0 N–H and O–H groups in total. The topological polar surface area (TPSA) is 22.0 Å². The molecule has 0 amide bonds. The number of fused-ring (bicyclic) bond motifs is 1. The molecule has 0 bridgehead atoms. The molecule has 0 fully saturated rings. The van der Waals surface area contributed by atoms with Crippen LogP contribution in [0, 0.1) is 0 Å². The fraction of sp³-hybridized carbons (Fsp3) is 0.417. The van der Waals surface area contributed by atoms with Gasteiger partial charge in [0.2, 0.25) is 0 Å². The monoisotopic (exact) mass is 189 g/mol. The molecule has 1 aromatic rings. The molecule has 1 aliphatic rings. The fourth-order valence-corrected chi connectivity index (χ4v) is 1.96. The Morgan fingerprint density at radius 2 is 2.00 bits per heavy atom. The highest BCUT2D eigenvalue weighted by Gasteiger charge is 2.13. The van der Waals surface area contributed by atoms with Crippen LogP contribution >= 0.6 is 0 Å². The van der Waals surface area contributed by atoms with Crippen LogP contribution in [0.25, 0.3) is 0 Å². The molecular weight excluding hydrogens is 174 g/mol. The highest BCUT2D eigenvalue weighted by atomic mass is 16.1. The minimum atomic E-state index is 0.164. The van der Waals surface area contributed by atoms with E-state index in [1.807, 2.05) is 13.2 Å². The first kappa shape index (κ1) is 9.25. The summed E-state index contributed by atoms with van der Waals surface area (Å²) >= 11 is 0. The van der Waals surface area contributed by atoms with Crippen molar-refractivity contribution in [2.75, 3.05) is 0 Å². The summed E-state index contributed by atoms with van der Waals surface area (Å²) < 4.78 is 1.66. The average molecular weight is 189 g/mol. The first-order valence-electron chi connectivity index (χ1n) is 5.02. The summed E-state index contributed by atoms with van der Waals surface area (Å²) in [6.07, 6.45) is 5.69. The van der Waals surface area contributed by atoms with Crippen molar-refractivity contribution in [1.82, 2.24) is 4.57 Å². The normalized spacial score (nSPS) is 16.2. The Morgan fingerprint density at radius 3 is 2.79 bits per heavy atom. The van der Waals surface area contributed by atoms with Crippen LogP contribution in [-0.2, 0) is 19.9 Å². The van der Waals surface area contributed by atoms with Gasteiger partial charge in [0.1, 0.15) is 0 Å². The van der Waals surface area contributed by atoms with Crippen LogP contribution in [0.5, 0.6) is 0 Å². The number of pyridine rings is 1. The largest absolute Gasteiger partial charge is 0.318 e. The van der Waals surface area contributed by atoms with E-state index in [4.69, 9.17) is 0 Å². The zero-order valence-electron chi connectivity index (χ0n) is 8.55. The summed E-state index contributed by atoms with van der Waals surface area (Å²) in [5.74, 6) is 0. The van der Waals surface area contributed by atoms with Gasteiger partial charge in [0.15, 0.2) is 0 Å². The third kappa shape index (κ3) is 1.52. The number of allylic oxidation sites excluding steroid dienone is 1. The van der Waals surface area contributed by atoms with E-state index in [1.165, 1.54) is 11.1 Å². The van der Waals surface area contributed by atoms with Gasteiger partial charge in [0.25, 0.3) is 5.56 Å². The van der Waals surface area contributed by atoms with Crippen molar-refractivity contribution in [3.63, 3.8) is 0 Å². The molecular formula is C12H15NO. The van der Waals surface area contributed by atoms with Crippen LogP contribution in [0.2, 0.25) is 0 Å². The standard InChI is InChI=1S/C12H15NO/c1-9-3-5-10-7-8-13(2)12(14)11(10)6-4-9/h7-8H,1,3-6H2,2H3. The van der Waals surface area contributed by atoms with E-state index in [1.54, 1.807) is 4.57 Å². The van der Waals surface area contributed by atoms with Gasteiger partial charge in [-0.15, -0.1) is 0 Å². The van der Waals surface area contributed by atoms with Gasteiger partial charge in [-0.2, -0.15) is 0 Å². The van der Waals surface area contributed by atoms with E-state index < -0.39 is 0 Å². The molecule has 2 rings (SSSR count). The smallest absolute Gasteiger partial charge is 0.253 e. The minimum absolute atomic E-state index is 0.164. The predicted molar refractivity (Wildman–Crippen MR) is 57.5 cm³/mol. The summed E-state index contributed by atoms with van der Waals surface area (Å²) in [7, 11) is 1.81. The molecule has 0 spiro atoms. The van der Waals surface area contributed by atoms with Gasteiger partial charge in [0, 0.05) is 18.8 Å². The number of hydrogen-bond acceptors (Lipinski definition) is 1. The molecule has 1 aliphatic carbocycles. The molecule has 0 aromatic carbocycles. The van der Waals surface area contributed by atoms with Crippen LogP contribution < -0.4 is 5.56 Å². The van der Waals surface area contributed by atoms with Crippen LogP contribution in [0.15, 0.2) is 29.2 Å². The summed E-state index contributed by atoms with van der Waals surface area (Å²) in [5.41, 5.74) is 3.64. The molecule has 0 aliphatic heterocycles. The molecule has 1 heterocycles. The van der Waals surface area contributed by atoms with E-state index in [0.717, 1.165) is 31.2 Å². The van der Waals surface area contributed by atoms with Crippen molar-refractivity contribution < 1.29 is 0 Å². The molecule has 0 atom stereocenters. The lowest BCUT2D eigenvalue weighted by Crippen LogP contribution is -2.21. The van der Waals surface area contributed by atoms with Crippen LogP contribution in [0.3, 0.4) is 0 Å². The zero-order valence-corrected chi connectivity index (χ0v) is 8.55. The van der Waals surface area contributed by atoms with Crippen LogP contribution in [0.1, 0.15) is 24.0 Å². The van der Waals surface area contributed by atoms with Gasteiger partial charge in [-0.25, -0.2) is 0 Å². The number of rotatable bonds is 0. The Balaban J connectivity index is 2.51. The van der Waals surface area contributed by atoms with Crippen molar-refractivity contribution >= 4 is 0 Å². The highest BCUT2D eigenvalue weighted by Crippen LogP contribution is 2.20. The lowest BCUT2D eigenvalue weighted by molar-refractivity contribution is 0.816. The molecule has 0 unspecified atom stereocenters. The second kappa shape index (κ2) is 3.45. The Hall–Kier alpha value is -1.31. The van der Waals surface area contributed by atoms with Gasteiger partial charge >= 0.3 is 0 Å². The third-order valence-corrected chi connectivity index (χ3v) is 2.94. The zero-order chi connectivity index (χ0) is 10.1. The molecule has 1 aromatic heterocycles. The second-order valence-electron chi connectivity index (χ2n) is 3.99. The maximum absolute atomic E-state index is 11.8. The number of hydrogen-bond donors (Lipinski definition) is 0. The van der Waals surface area contributed by atoms with Crippen LogP contribution in [0.4, 0.5) is 0 Å². The molecule has 0 saturated heterocycles. The van der Waals surface area contributed by atoms with Gasteiger partial charge in [0.05, 0.1) is 0 Å². The minimum Gasteiger partial charge on any atom is -0.318 e. The van der Waals surface area contributed by atoms with Crippen molar-refractivity contribution in [3.8, 4) is 0 Å². The Labute approximate surface area is 83.9 Å². The first-order chi connectivity index (χ1) is 6.68. The summed E-state index contributed by atoms with van der Waals surface area (Å²) in [5, 5.41) is 0. The van der Waals surface area contributed by atoms with E-state index in [2.05, 4.69) is 12.6 Å². The van der Waals surface area contributed by atoms with Crippen molar-refractivity contribution in [2.24, 2.45) is 7.05 Å². The van der Waals surface area contributed by atoms with Crippen molar-refractivity contribution in [1.29, 1.82) is 0 Å². The maximum atomic E-state index is 11.8. The molecule has 74 valence electrons. The molecule has 0 saturated carbocycles. The van der Waals surface area contributed by atoms with Gasteiger partial charge in [-0.1, -0.05) is 12.2 Å². The van der Waals surface area contributed by atoms with Crippen molar-refractivity contribution in [3.05, 3.63) is 45.9 Å². The average Bonchev–Trinajstić information content (AvgIpc) is 2.35. The van der Waals surface area contributed by atoms with Crippen molar-refractivity contribution in [2.45, 2.75) is 25.7 Å². The van der Waals surface area contributed by atoms with Crippen LogP contribution in [-0.4, -0.2) is 4.57 Å². The molecule has 0 radical (unpaired) electrons. The summed E-state index contributed by atoms with van der Waals surface area (Å²) in [4.78, 5) is 11.8. The Bertz CT molecular complexity index is 428. The number of aromatic nitrogens is 1. The first-order valence-corrected chi connectivity index (χ1v) is 5.02. The van der Waals surface area contributed by atoms with E-state index in [-0.39, 0.29) is 5.56 Å². The summed E-state index contributed by atoms with van der Waals surface area (Å²) in [6, 6.07) is 2.06. The lowest BCUT2D eigenvalue weighted by atomic mass is 10.1. The fourth-order valence-electron chi connectivity index (χ4n) is 1.96. The van der Waals surface area contributed by atoms with Gasteiger partial charge in [-0.05, 0) is 37.3 Å². The maximum Gasteiger partial charge on any atom is 0.253 e. The van der Waals surface area contributed by atoms with Gasteiger partial charge in [-0.3, -0.25) is 4.79 Å². The Kier molecular flexibility index (Phi) is 2.28. The molecule has 2 nitrogen and oxygen atoms in total. The molecule has 14 heavy (non-hydrogen) atoms. The Morgan fingerprint density at radius 1 is 1.29 bits per heavy atom. The highest BCUT2D eigenvalue weighted by molar-refractivity contribution is 5.28. The molecule has 2 heteroatoms. The van der Waals surface area contributed by atoms with E-state index in [9.17, 15) is 4.79 Å². The SMILES string of the molecule is C=C1CCc2ccn(C)c(=O)c2CC1.